The molecule has 0 unspecified atom stereocenters. The van der Waals surface area contributed by atoms with Gasteiger partial charge in [0.1, 0.15) is 11.6 Å². The summed E-state index contributed by atoms with van der Waals surface area (Å²) in [6.45, 7) is 0.860. The second-order valence-electron chi connectivity index (χ2n) is 6.13. The lowest BCUT2D eigenvalue weighted by molar-refractivity contribution is -0.117. The fraction of sp³-hybridized carbons (Fsp3) is 0.0909. The standard InChI is InChI=1S/C22H17Cl2N3O/c23-19-9-8-17(21(24)12-19)15-27-10-4-7-20(27)11-18(13-25)22(28)26-14-16-5-2-1-3-6-16/h1-12H,14-15H2,(H,26,28). The third-order valence-electron chi connectivity index (χ3n) is 4.17. The number of hydrogen-bond acceptors (Lipinski definition) is 2. The SMILES string of the molecule is N#CC(=Cc1cccn1Cc1ccc(Cl)cc1Cl)C(=O)NCc1ccccc1. The van der Waals surface area contributed by atoms with Crippen LogP contribution in [0.25, 0.3) is 6.08 Å². The summed E-state index contributed by atoms with van der Waals surface area (Å²) in [4.78, 5) is 12.4. The molecular formula is C22H17Cl2N3O. The topological polar surface area (TPSA) is 57.8 Å². The number of halogens is 2. The number of nitrogens with one attached hydrogen (secondary N) is 1. The van der Waals surface area contributed by atoms with Gasteiger partial charge in [-0.15, -0.1) is 0 Å². The molecule has 3 aromatic rings. The molecule has 140 valence electrons. The Bertz CT molecular complexity index is 1050. The van der Waals surface area contributed by atoms with E-state index < -0.39 is 5.91 Å². The largest absolute Gasteiger partial charge is 0.347 e. The van der Waals surface area contributed by atoms with Crippen molar-refractivity contribution in [3.63, 3.8) is 0 Å². The molecule has 3 rings (SSSR count). The van der Waals surface area contributed by atoms with Crippen molar-refractivity contribution in [1.29, 1.82) is 5.26 Å². The highest BCUT2D eigenvalue weighted by atomic mass is 35.5. The predicted octanol–water partition coefficient (Wildman–Crippen LogP) is 5.07. The first-order valence-corrected chi connectivity index (χ1v) is 9.35. The molecule has 0 aliphatic heterocycles. The molecule has 2 aromatic carbocycles. The van der Waals surface area contributed by atoms with Gasteiger partial charge < -0.3 is 9.88 Å². The number of carbonyl (C=O) groups excluding carboxylic acids is 1. The minimum atomic E-state index is -0.413. The van der Waals surface area contributed by atoms with E-state index in [0.717, 1.165) is 16.8 Å². The summed E-state index contributed by atoms with van der Waals surface area (Å²) in [6.07, 6.45) is 3.44. The van der Waals surface area contributed by atoms with E-state index in [2.05, 4.69) is 5.32 Å². The van der Waals surface area contributed by atoms with Crippen LogP contribution >= 0.6 is 23.2 Å². The van der Waals surface area contributed by atoms with Gasteiger partial charge in [0, 0.05) is 35.0 Å². The number of nitrogens with zero attached hydrogens (tertiary/aromatic N) is 2. The van der Waals surface area contributed by atoms with Crippen LogP contribution in [0.15, 0.2) is 72.4 Å². The van der Waals surface area contributed by atoms with Crippen molar-refractivity contribution in [1.82, 2.24) is 9.88 Å². The molecule has 4 nitrogen and oxygen atoms in total. The van der Waals surface area contributed by atoms with Crippen molar-refractivity contribution in [3.05, 3.63) is 99.3 Å². The van der Waals surface area contributed by atoms with E-state index in [1.54, 1.807) is 18.2 Å². The van der Waals surface area contributed by atoms with Crippen LogP contribution in [0.4, 0.5) is 0 Å². The van der Waals surface area contributed by atoms with Crippen LogP contribution in [-0.2, 0) is 17.9 Å². The van der Waals surface area contributed by atoms with Gasteiger partial charge in [0.05, 0.1) is 0 Å². The van der Waals surface area contributed by atoms with Crippen LogP contribution in [-0.4, -0.2) is 10.5 Å². The zero-order valence-electron chi connectivity index (χ0n) is 14.9. The van der Waals surface area contributed by atoms with Gasteiger partial charge in [0.15, 0.2) is 0 Å². The van der Waals surface area contributed by atoms with E-state index >= 15 is 0 Å². The third-order valence-corrected chi connectivity index (χ3v) is 4.76. The van der Waals surface area contributed by atoms with E-state index in [4.69, 9.17) is 23.2 Å². The Kier molecular flexibility index (Phi) is 6.54. The average Bonchev–Trinajstić information content (AvgIpc) is 3.14. The average molecular weight is 410 g/mol. The first-order chi connectivity index (χ1) is 13.6. The predicted molar refractivity (Wildman–Crippen MR) is 112 cm³/mol. The Morgan fingerprint density at radius 2 is 1.89 bits per heavy atom. The molecule has 0 bridgehead atoms. The Labute approximate surface area is 173 Å². The van der Waals surface area contributed by atoms with E-state index in [1.807, 2.05) is 65.4 Å². The number of nitriles is 1. The molecule has 1 aromatic heterocycles. The lowest BCUT2D eigenvalue weighted by Crippen LogP contribution is -2.24. The van der Waals surface area contributed by atoms with E-state index in [-0.39, 0.29) is 5.57 Å². The number of amides is 1. The number of benzene rings is 2. The lowest BCUT2D eigenvalue weighted by atomic mass is 10.2. The van der Waals surface area contributed by atoms with Crippen LogP contribution < -0.4 is 5.32 Å². The zero-order valence-corrected chi connectivity index (χ0v) is 16.4. The number of rotatable bonds is 6. The maximum absolute atomic E-state index is 12.4. The van der Waals surface area contributed by atoms with Crippen molar-refractivity contribution >= 4 is 35.2 Å². The first-order valence-electron chi connectivity index (χ1n) is 8.60. The van der Waals surface area contributed by atoms with E-state index in [9.17, 15) is 10.1 Å². The van der Waals surface area contributed by atoms with Gasteiger partial charge >= 0.3 is 0 Å². The van der Waals surface area contributed by atoms with Crippen LogP contribution in [0, 0.1) is 11.3 Å². The fourth-order valence-electron chi connectivity index (χ4n) is 2.71. The third kappa shape index (κ3) is 5.04. The number of aromatic nitrogens is 1. The van der Waals surface area contributed by atoms with Crippen molar-refractivity contribution in [2.24, 2.45) is 0 Å². The summed E-state index contributed by atoms with van der Waals surface area (Å²) in [5.41, 5.74) is 2.63. The zero-order chi connectivity index (χ0) is 19.9. The van der Waals surface area contributed by atoms with Crippen LogP contribution in [0.5, 0.6) is 0 Å². The fourth-order valence-corrected chi connectivity index (χ4v) is 3.17. The van der Waals surface area contributed by atoms with Crippen LogP contribution in [0.2, 0.25) is 10.0 Å². The molecule has 0 saturated carbocycles. The van der Waals surface area contributed by atoms with Gasteiger partial charge in [0.25, 0.3) is 5.91 Å². The van der Waals surface area contributed by atoms with Gasteiger partial charge in [-0.05, 0) is 41.5 Å². The summed E-state index contributed by atoms with van der Waals surface area (Å²) in [6, 6.07) is 20.5. The molecule has 28 heavy (non-hydrogen) atoms. The molecule has 0 aliphatic rings. The highest BCUT2D eigenvalue weighted by molar-refractivity contribution is 6.35. The molecule has 0 radical (unpaired) electrons. The number of hydrogen-bond donors (Lipinski definition) is 1. The van der Waals surface area contributed by atoms with Crippen LogP contribution in [0.3, 0.4) is 0 Å². The van der Waals surface area contributed by atoms with Gasteiger partial charge in [-0.2, -0.15) is 5.26 Å². The van der Waals surface area contributed by atoms with Crippen molar-refractivity contribution < 1.29 is 4.79 Å². The minimum absolute atomic E-state index is 0.0399. The maximum Gasteiger partial charge on any atom is 0.262 e. The summed E-state index contributed by atoms with van der Waals surface area (Å²) >= 11 is 12.2. The van der Waals surface area contributed by atoms with E-state index in [1.165, 1.54) is 0 Å². The molecular weight excluding hydrogens is 393 g/mol. The van der Waals surface area contributed by atoms with Crippen LogP contribution in [0.1, 0.15) is 16.8 Å². The van der Waals surface area contributed by atoms with Gasteiger partial charge in [0.2, 0.25) is 0 Å². The highest BCUT2D eigenvalue weighted by Crippen LogP contribution is 2.23. The quantitative estimate of drug-likeness (QED) is 0.456. The normalized spacial score (nSPS) is 11.1. The molecule has 0 atom stereocenters. The molecule has 1 amide bonds. The van der Waals surface area contributed by atoms with Gasteiger partial charge in [-0.3, -0.25) is 4.79 Å². The summed E-state index contributed by atoms with van der Waals surface area (Å²) in [7, 11) is 0. The minimum Gasteiger partial charge on any atom is -0.347 e. The summed E-state index contributed by atoms with van der Waals surface area (Å²) < 4.78 is 1.91. The van der Waals surface area contributed by atoms with Crippen molar-refractivity contribution in [2.45, 2.75) is 13.1 Å². The second-order valence-corrected chi connectivity index (χ2v) is 6.98. The Hall–Kier alpha value is -3.00. The lowest BCUT2D eigenvalue weighted by Gasteiger charge is -2.10. The highest BCUT2D eigenvalue weighted by Gasteiger charge is 2.11. The molecule has 0 saturated heterocycles. The molecule has 0 spiro atoms. The molecule has 1 N–H and O–H groups in total. The maximum atomic E-state index is 12.4. The Morgan fingerprint density at radius 3 is 2.61 bits per heavy atom. The molecule has 0 aliphatic carbocycles. The Morgan fingerprint density at radius 1 is 1.11 bits per heavy atom. The first kappa shape index (κ1) is 19.8. The summed E-state index contributed by atoms with van der Waals surface area (Å²) in [5, 5.41) is 13.3. The molecule has 0 fully saturated rings. The monoisotopic (exact) mass is 409 g/mol. The Balaban J connectivity index is 1.75. The van der Waals surface area contributed by atoms with E-state index in [0.29, 0.717) is 23.1 Å². The smallest absolute Gasteiger partial charge is 0.262 e. The molecule has 1 heterocycles. The number of carbonyl (C=O) groups is 1. The van der Waals surface area contributed by atoms with Crippen molar-refractivity contribution in [3.8, 4) is 6.07 Å². The van der Waals surface area contributed by atoms with Crippen molar-refractivity contribution in [2.75, 3.05) is 0 Å². The summed E-state index contributed by atoms with van der Waals surface area (Å²) in [5.74, 6) is -0.413. The van der Waals surface area contributed by atoms with Gasteiger partial charge in [-0.1, -0.05) is 59.6 Å². The second kappa shape index (κ2) is 9.27. The van der Waals surface area contributed by atoms with Gasteiger partial charge in [-0.25, -0.2) is 0 Å². The molecule has 6 heteroatoms.